The molecule has 0 aliphatic carbocycles. The van der Waals surface area contributed by atoms with Crippen LogP contribution in [0.15, 0.2) is 41.1 Å². The van der Waals surface area contributed by atoms with Crippen LogP contribution in [0.25, 0.3) is 0 Å². The lowest BCUT2D eigenvalue weighted by Crippen LogP contribution is -2.05. The summed E-state index contributed by atoms with van der Waals surface area (Å²) in [5, 5.41) is 0. The molecule has 3 nitrogen and oxygen atoms in total. The summed E-state index contributed by atoms with van der Waals surface area (Å²) < 4.78 is 19.7. The van der Waals surface area contributed by atoms with Crippen molar-refractivity contribution in [2.24, 2.45) is 5.73 Å². The smallest absolute Gasteiger partial charge is 0.141 e. The molecule has 5 heteroatoms. The number of rotatable bonds is 5. The van der Waals surface area contributed by atoms with Crippen molar-refractivity contribution in [2.45, 2.75) is 13.0 Å². The van der Waals surface area contributed by atoms with Crippen molar-refractivity contribution in [1.29, 1.82) is 0 Å². The van der Waals surface area contributed by atoms with Gasteiger partial charge in [0, 0.05) is 16.2 Å². The van der Waals surface area contributed by atoms with Gasteiger partial charge in [-0.15, -0.1) is 0 Å². The third kappa shape index (κ3) is 4.01. The fourth-order valence-electron chi connectivity index (χ4n) is 1.74. The second-order valence-corrected chi connectivity index (χ2v) is 5.01. The van der Waals surface area contributed by atoms with Gasteiger partial charge in [0.25, 0.3) is 0 Å². The summed E-state index contributed by atoms with van der Waals surface area (Å²) in [5.74, 6) is 0.400. The molecule has 1 aromatic heterocycles. The molecule has 0 aliphatic rings. The van der Waals surface area contributed by atoms with Crippen molar-refractivity contribution in [2.75, 3.05) is 6.54 Å². The van der Waals surface area contributed by atoms with Crippen molar-refractivity contribution in [3.8, 4) is 5.75 Å². The number of nitrogens with two attached hydrogens (primary N) is 1. The van der Waals surface area contributed by atoms with E-state index >= 15 is 0 Å². The van der Waals surface area contributed by atoms with Gasteiger partial charge in [-0.05, 0) is 42.8 Å². The van der Waals surface area contributed by atoms with Crippen LogP contribution in [0.4, 0.5) is 4.39 Å². The van der Waals surface area contributed by atoms with Gasteiger partial charge in [0.05, 0.1) is 6.20 Å². The van der Waals surface area contributed by atoms with E-state index in [0.29, 0.717) is 12.1 Å². The Balaban J connectivity index is 2.10. The Morgan fingerprint density at radius 1 is 1.26 bits per heavy atom. The largest absolute Gasteiger partial charge is 0.489 e. The molecule has 2 aromatic rings. The van der Waals surface area contributed by atoms with Gasteiger partial charge in [-0.1, -0.05) is 15.9 Å². The minimum absolute atomic E-state index is 0.282. The standard InChI is InChI=1S/C14H14BrFN2O/c15-12-1-2-14(11(6-12)3-4-17)19-9-10-5-13(16)8-18-7-10/h1-2,5-8H,3-4,9,17H2. The lowest BCUT2D eigenvalue weighted by molar-refractivity contribution is 0.301. The van der Waals surface area contributed by atoms with Crippen LogP contribution in [0.3, 0.4) is 0 Å². The van der Waals surface area contributed by atoms with Crippen LogP contribution in [-0.4, -0.2) is 11.5 Å². The minimum atomic E-state index is -0.362. The number of ether oxygens (including phenoxy) is 1. The van der Waals surface area contributed by atoms with E-state index in [0.717, 1.165) is 22.2 Å². The third-order valence-electron chi connectivity index (χ3n) is 2.59. The lowest BCUT2D eigenvalue weighted by Gasteiger charge is -2.11. The molecular formula is C14H14BrFN2O. The Hall–Kier alpha value is -1.46. The number of benzene rings is 1. The maximum absolute atomic E-state index is 13.0. The SMILES string of the molecule is NCCc1cc(Br)ccc1OCc1cncc(F)c1. The number of nitrogens with zero attached hydrogens (tertiary/aromatic N) is 1. The van der Waals surface area contributed by atoms with Crippen LogP contribution in [0.1, 0.15) is 11.1 Å². The van der Waals surface area contributed by atoms with E-state index in [1.54, 1.807) is 6.20 Å². The Morgan fingerprint density at radius 3 is 2.84 bits per heavy atom. The molecule has 2 rings (SSSR count). The fraction of sp³-hybridized carbons (Fsp3) is 0.214. The van der Waals surface area contributed by atoms with E-state index in [1.165, 1.54) is 12.3 Å². The van der Waals surface area contributed by atoms with Crippen LogP contribution >= 0.6 is 15.9 Å². The molecular weight excluding hydrogens is 311 g/mol. The number of hydrogen-bond acceptors (Lipinski definition) is 3. The molecule has 0 saturated heterocycles. The summed E-state index contributed by atoms with van der Waals surface area (Å²) in [6.07, 6.45) is 3.49. The maximum atomic E-state index is 13.0. The van der Waals surface area contributed by atoms with Gasteiger partial charge in [-0.2, -0.15) is 0 Å². The van der Waals surface area contributed by atoms with E-state index in [2.05, 4.69) is 20.9 Å². The average Bonchev–Trinajstić information content (AvgIpc) is 2.38. The molecule has 0 atom stereocenters. The van der Waals surface area contributed by atoms with E-state index in [1.807, 2.05) is 18.2 Å². The molecule has 0 bridgehead atoms. The first-order chi connectivity index (χ1) is 9.19. The summed E-state index contributed by atoms with van der Waals surface area (Å²) in [6.45, 7) is 0.832. The predicted molar refractivity (Wildman–Crippen MR) is 75.4 cm³/mol. The summed E-state index contributed by atoms with van der Waals surface area (Å²) in [5.41, 5.74) is 7.30. The second-order valence-electron chi connectivity index (χ2n) is 4.09. The van der Waals surface area contributed by atoms with Gasteiger partial charge in [0.1, 0.15) is 18.2 Å². The number of aromatic nitrogens is 1. The molecule has 0 unspecified atom stereocenters. The van der Waals surface area contributed by atoms with Crippen molar-refractivity contribution in [3.05, 3.63) is 58.1 Å². The summed E-state index contributed by atoms with van der Waals surface area (Å²) in [6, 6.07) is 7.17. The van der Waals surface area contributed by atoms with Crippen LogP contribution in [0.2, 0.25) is 0 Å². The monoisotopic (exact) mass is 324 g/mol. The van der Waals surface area contributed by atoms with Crippen molar-refractivity contribution in [1.82, 2.24) is 4.98 Å². The highest BCUT2D eigenvalue weighted by molar-refractivity contribution is 9.10. The zero-order chi connectivity index (χ0) is 13.7. The van der Waals surface area contributed by atoms with Gasteiger partial charge in [0.2, 0.25) is 0 Å². The van der Waals surface area contributed by atoms with E-state index in [4.69, 9.17) is 10.5 Å². The minimum Gasteiger partial charge on any atom is -0.489 e. The van der Waals surface area contributed by atoms with Crippen LogP contribution in [0, 0.1) is 5.82 Å². The number of halogens is 2. The summed E-state index contributed by atoms with van der Waals surface area (Å²) in [7, 11) is 0. The van der Waals surface area contributed by atoms with Crippen LogP contribution < -0.4 is 10.5 Å². The first-order valence-electron chi connectivity index (χ1n) is 5.90. The summed E-state index contributed by atoms with van der Waals surface area (Å²) >= 11 is 3.42. The number of pyridine rings is 1. The first-order valence-corrected chi connectivity index (χ1v) is 6.69. The van der Waals surface area contributed by atoms with Gasteiger partial charge in [0.15, 0.2) is 0 Å². The van der Waals surface area contributed by atoms with Gasteiger partial charge >= 0.3 is 0 Å². The third-order valence-corrected chi connectivity index (χ3v) is 3.09. The molecule has 0 radical (unpaired) electrons. The summed E-state index contributed by atoms with van der Waals surface area (Å²) in [4.78, 5) is 3.79. The lowest BCUT2D eigenvalue weighted by atomic mass is 10.1. The molecule has 1 aromatic carbocycles. The fourth-order valence-corrected chi connectivity index (χ4v) is 2.14. The Morgan fingerprint density at radius 2 is 2.11 bits per heavy atom. The molecule has 2 N–H and O–H groups in total. The highest BCUT2D eigenvalue weighted by Crippen LogP contribution is 2.24. The van der Waals surface area contributed by atoms with Crippen molar-refractivity contribution < 1.29 is 9.13 Å². The van der Waals surface area contributed by atoms with Gasteiger partial charge in [-0.25, -0.2) is 4.39 Å². The maximum Gasteiger partial charge on any atom is 0.141 e. The van der Waals surface area contributed by atoms with Crippen LogP contribution in [-0.2, 0) is 13.0 Å². The van der Waals surface area contributed by atoms with Gasteiger partial charge in [-0.3, -0.25) is 4.98 Å². The normalized spacial score (nSPS) is 10.5. The molecule has 0 spiro atoms. The quantitative estimate of drug-likeness (QED) is 0.919. The van der Waals surface area contributed by atoms with E-state index < -0.39 is 0 Å². The average molecular weight is 325 g/mol. The molecule has 0 fully saturated rings. The topological polar surface area (TPSA) is 48.1 Å². The second kappa shape index (κ2) is 6.63. The zero-order valence-corrected chi connectivity index (χ0v) is 11.9. The molecule has 1 heterocycles. The highest BCUT2D eigenvalue weighted by Gasteiger charge is 2.05. The zero-order valence-electron chi connectivity index (χ0n) is 10.3. The Bertz CT molecular complexity index is 563. The molecule has 0 amide bonds. The number of hydrogen-bond donors (Lipinski definition) is 1. The van der Waals surface area contributed by atoms with E-state index in [-0.39, 0.29) is 12.4 Å². The Labute approximate surface area is 119 Å². The molecule has 0 aliphatic heterocycles. The molecule has 100 valence electrons. The highest BCUT2D eigenvalue weighted by atomic mass is 79.9. The molecule has 0 saturated carbocycles. The van der Waals surface area contributed by atoms with Crippen molar-refractivity contribution in [3.63, 3.8) is 0 Å². The Kier molecular flexibility index (Phi) is 4.87. The molecule has 19 heavy (non-hydrogen) atoms. The van der Waals surface area contributed by atoms with Gasteiger partial charge < -0.3 is 10.5 Å². The van der Waals surface area contributed by atoms with Crippen LogP contribution in [0.5, 0.6) is 5.75 Å². The van der Waals surface area contributed by atoms with E-state index in [9.17, 15) is 4.39 Å². The van der Waals surface area contributed by atoms with Crippen molar-refractivity contribution >= 4 is 15.9 Å². The predicted octanol–water partition coefficient (Wildman–Crippen LogP) is 3.06. The first kappa shape index (κ1) is 14.0.